The summed E-state index contributed by atoms with van der Waals surface area (Å²) < 4.78 is 2.58. The van der Waals surface area contributed by atoms with Crippen LogP contribution in [0.25, 0.3) is 0 Å². The third-order valence-electron chi connectivity index (χ3n) is 11.1. The van der Waals surface area contributed by atoms with Crippen molar-refractivity contribution in [3.8, 4) is 0 Å². The topological polar surface area (TPSA) is 19.7 Å². The van der Waals surface area contributed by atoms with Crippen molar-refractivity contribution in [1.82, 2.24) is 4.98 Å². The molecule has 0 aliphatic rings. The fourth-order valence-electron chi connectivity index (χ4n) is 8.03. The number of nitrogens with zero attached hydrogens (tertiary/aromatic N) is 1. The van der Waals surface area contributed by atoms with E-state index in [1.54, 1.807) is 0 Å². The van der Waals surface area contributed by atoms with Crippen molar-refractivity contribution in [2.45, 2.75) is 199 Å². The first-order valence-electron chi connectivity index (χ1n) is 20.8. The lowest BCUT2D eigenvalue weighted by atomic mass is 9.66. The first-order valence-corrected chi connectivity index (χ1v) is 20.8. The molecule has 0 amide bonds. The smallest absolute Gasteiger partial charge is 0.247 e. The van der Waals surface area contributed by atoms with Gasteiger partial charge in [0.25, 0.3) is 5.82 Å². The Hall–Kier alpha value is -2.35. The molecule has 2 nitrogen and oxygen atoms in total. The maximum atomic E-state index is 3.81. The molecule has 3 aromatic rings. The van der Waals surface area contributed by atoms with E-state index in [-0.39, 0.29) is 5.41 Å². The molecule has 0 saturated carbocycles. The highest BCUT2D eigenvalue weighted by Gasteiger charge is 2.41. The Balaban J connectivity index is 1.57. The Morgan fingerprint density at radius 1 is 0.542 bits per heavy atom. The van der Waals surface area contributed by atoms with E-state index >= 15 is 0 Å². The van der Waals surface area contributed by atoms with Gasteiger partial charge in [0.2, 0.25) is 0 Å². The lowest BCUT2D eigenvalue weighted by Crippen LogP contribution is -2.43. The summed E-state index contributed by atoms with van der Waals surface area (Å²) >= 11 is 0. The van der Waals surface area contributed by atoms with Gasteiger partial charge in [0.05, 0.1) is 12.5 Å². The second-order valence-electron chi connectivity index (χ2n) is 15.3. The fraction of sp³-hybridized carbons (Fsp3) is 0.674. The SMILES string of the molecule is CCCCCCCCCCCCCCCCCC(c1[nH]cc[n+]1CCCCCCCCCC)C(C)(Cc1ccccc1)c1ccccc1. The van der Waals surface area contributed by atoms with Crippen LogP contribution in [-0.4, -0.2) is 4.98 Å². The Bertz CT molecular complexity index is 1140. The molecule has 0 aliphatic heterocycles. The highest BCUT2D eigenvalue weighted by atomic mass is 15.1. The summed E-state index contributed by atoms with van der Waals surface area (Å²) in [7, 11) is 0. The van der Waals surface area contributed by atoms with Crippen LogP contribution in [0.4, 0.5) is 0 Å². The molecule has 1 N–H and O–H groups in total. The third-order valence-corrected chi connectivity index (χ3v) is 11.1. The van der Waals surface area contributed by atoms with E-state index in [4.69, 9.17) is 0 Å². The number of aromatic nitrogens is 2. The molecule has 0 aliphatic carbocycles. The van der Waals surface area contributed by atoms with Crippen molar-refractivity contribution in [1.29, 1.82) is 0 Å². The van der Waals surface area contributed by atoms with Crippen LogP contribution >= 0.6 is 0 Å². The number of benzene rings is 2. The summed E-state index contributed by atoms with van der Waals surface area (Å²) in [6.45, 7) is 8.29. The average molecular weight is 656 g/mol. The first kappa shape index (κ1) is 40.1. The number of hydrogen-bond donors (Lipinski definition) is 1. The molecule has 0 saturated heterocycles. The highest BCUT2D eigenvalue weighted by molar-refractivity contribution is 5.32. The number of unbranched alkanes of at least 4 members (excludes halogenated alkanes) is 21. The largest absolute Gasteiger partial charge is 0.258 e. The molecule has 268 valence electrons. The van der Waals surface area contributed by atoms with Gasteiger partial charge in [0.1, 0.15) is 12.4 Å². The van der Waals surface area contributed by atoms with Gasteiger partial charge in [-0.3, -0.25) is 0 Å². The molecule has 2 heteroatoms. The van der Waals surface area contributed by atoms with Crippen LogP contribution in [0.15, 0.2) is 73.1 Å². The normalized spacial score (nSPS) is 13.5. The molecule has 2 atom stereocenters. The van der Waals surface area contributed by atoms with Gasteiger partial charge < -0.3 is 0 Å². The molecular formula is C46H75N2+. The van der Waals surface area contributed by atoms with Gasteiger partial charge in [-0.05, 0) is 36.8 Å². The van der Waals surface area contributed by atoms with Crippen molar-refractivity contribution in [2.24, 2.45) is 0 Å². The predicted octanol–water partition coefficient (Wildman–Crippen LogP) is 14.0. The number of imidazole rings is 1. The minimum absolute atomic E-state index is 0.00446. The van der Waals surface area contributed by atoms with Gasteiger partial charge in [0, 0.05) is 5.41 Å². The van der Waals surface area contributed by atoms with Gasteiger partial charge in [-0.15, -0.1) is 0 Å². The summed E-state index contributed by atoms with van der Waals surface area (Å²) in [6, 6.07) is 22.7. The zero-order valence-corrected chi connectivity index (χ0v) is 31.8. The van der Waals surface area contributed by atoms with E-state index < -0.39 is 0 Å². The quantitative estimate of drug-likeness (QED) is 0.0545. The number of hydrogen-bond acceptors (Lipinski definition) is 0. The Labute approximate surface area is 297 Å². The molecule has 2 unspecified atom stereocenters. The van der Waals surface area contributed by atoms with E-state index in [2.05, 4.69) is 103 Å². The van der Waals surface area contributed by atoms with Crippen molar-refractivity contribution >= 4 is 0 Å². The lowest BCUT2D eigenvalue weighted by molar-refractivity contribution is -0.705. The lowest BCUT2D eigenvalue weighted by Gasteiger charge is -2.37. The Morgan fingerprint density at radius 3 is 1.48 bits per heavy atom. The van der Waals surface area contributed by atoms with Crippen molar-refractivity contribution < 1.29 is 4.57 Å². The second kappa shape index (κ2) is 25.6. The molecule has 0 bridgehead atoms. The van der Waals surface area contributed by atoms with Crippen LogP contribution in [0, 0.1) is 0 Å². The zero-order valence-electron chi connectivity index (χ0n) is 31.8. The molecular weight excluding hydrogens is 581 g/mol. The average Bonchev–Trinajstić information content (AvgIpc) is 3.58. The number of aromatic amines is 1. The third kappa shape index (κ3) is 15.5. The molecule has 48 heavy (non-hydrogen) atoms. The maximum absolute atomic E-state index is 3.81. The van der Waals surface area contributed by atoms with Crippen LogP contribution in [0.5, 0.6) is 0 Å². The summed E-state index contributed by atoms with van der Waals surface area (Å²) in [6.07, 6.45) is 39.0. The summed E-state index contributed by atoms with van der Waals surface area (Å²) in [5.74, 6) is 1.87. The van der Waals surface area contributed by atoms with E-state index in [0.29, 0.717) is 5.92 Å². The van der Waals surface area contributed by atoms with Crippen LogP contribution in [0.2, 0.25) is 0 Å². The minimum atomic E-state index is 0.00446. The van der Waals surface area contributed by atoms with Gasteiger partial charge in [-0.2, -0.15) is 0 Å². The fourth-order valence-corrected chi connectivity index (χ4v) is 8.03. The van der Waals surface area contributed by atoms with Crippen molar-refractivity contribution in [3.63, 3.8) is 0 Å². The summed E-state index contributed by atoms with van der Waals surface area (Å²) in [5.41, 5.74) is 2.91. The van der Waals surface area contributed by atoms with E-state index in [1.165, 1.54) is 171 Å². The highest BCUT2D eigenvalue weighted by Crippen LogP contribution is 2.43. The van der Waals surface area contributed by atoms with E-state index in [0.717, 1.165) is 13.0 Å². The molecule has 3 rings (SSSR count). The monoisotopic (exact) mass is 656 g/mol. The predicted molar refractivity (Wildman–Crippen MR) is 210 cm³/mol. The van der Waals surface area contributed by atoms with E-state index in [1.807, 2.05) is 0 Å². The Kier molecular flexibility index (Phi) is 21.4. The first-order chi connectivity index (χ1) is 23.7. The van der Waals surface area contributed by atoms with Crippen LogP contribution < -0.4 is 4.57 Å². The molecule has 0 fully saturated rings. The molecule has 0 spiro atoms. The number of H-pyrrole nitrogens is 1. The number of nitrogens with one attached hydrogen (secondary N) is 1. The molecule has 1 heterocycles. The second-order valence-corrected chi connectivity index (χ2v) is 15.3. The van der Waals surface area contributed by atoms with Gasteiger partial charge >= 0.3 is 0 Å². The van der Waals surface area contributed by atoms with Crippen LogP contribution in [0.1, 0.15) is 198 Å². The zero-order chi connectivity index (χ0) is 34.0. The van der Waals surface area contributed by atoms with Crippen molar-refractivity contribution in [2.75, 3.05) is 0 Å². The molecule has 1 aromatic heterocycles. The van der Waals surface area contributed by atoms with E-state index in [9.17, 15) is 0 Å². The number of aryl methyl sites for hydroxylation is 1. The summed E-state index contributed by atoms with van der Waals surface area (Å²) in [4.78, 5) is 3.81. The van der Waals surface area contributed by atoms with Crippen LogP contribution in [0.3, 0.4) is 0 Å². The van der Waals surface area contributed by atoms with Gasteiger partial charge in [0.15, 0.2) is 0 Å². The molecule has 2 aromatic carbocycles. The Morgan fingerprint density at radius 2 is 0.979 bits per heavy atom. The molecule has 0 radical (unpaired) electrons. The number of rotatable bonds is 30. The standard InChI is InChI=1S/C46H74N2/c1-4-6-8-10-12-14-15-16-17-18-19-20-21-23-31-37-44(45-47-38-40-48(45)39-32-24-22-13-11-9-7-5-2)46(3,43-35-29-26-30-36-43)41-42-33-27-25-28-34-42/h25-30,33-36,38,40,44H,4-24,31-32,37,39,41H2,1-3H3/p+1. The summed E-state index contributed by atoms with van der Waals surface area (Å²) in [5, 5.41) is 0. The van der Waals surface area contributed by atoms with Crippen molar-refractivity contribution in [3.05, 3.63) is 90.0 Å². The minimum Gasteiger partial charge on any atom is -0.247 e. The van der Waals surface area contributed by atoms with Crippen LogP contribution in [-0.2, 0) is 18.4 Å². The maximum Gasteiger partial charge on any atom is 0.258 e. The van der Waals surface area contributed by atoms with Gasteiger partial charge in [-0.1, -0.05) is 216 Å². The van der Waals surface area contributed by atoms with Gasteiger partial charge in [-0.25, -0.2) is 9.55 Å².